The molecule has 0 aromatic rings. The van der Waals surface area contributed by atoms with E-state index in [9.17, 15) is 0 Å². The highest BCUT2D eigenvalue weighted by Gasteiger charge is 2.22. The van der Waals surface area contributed by atoms with E-state index in [1.165, 1.54) is 12.8 Å². The summed E-state index contributed by atoms with van der Waals surface area (Å²) in [4.78, 5) is 2.29. The van der Waals surface area contributed by atoms with Crippen molar-refractivity contribution in [3.63, 3.8) is 0 Å². The summed E-state index contributed by atoms with van der Waals surface area (Å²) < 4.78 is 0. The lowest BCUT2D eigenvalue weighted by Crippen LogP contribution is -2.44. The molecule has 1 aliphatic heterocycles. The van der Waals surface area contributed by atoms with Crippen molar-refractivity contribution < 1.29 is 0 Å². The quantitative estimate of drug-likeness (QED) is 0.479. The van der Waals surface area contributed by atoms with Crippen LogP contribution in [0, 0.1) is 11.3 Å². The van der Waals surface area contributed by atoms with E-state index in [-0.39, 0.29) is 5.84 Å². The summed E-state index contributed by atoms with van der Waals surface area (Å²) >= 11 is 0. The van der Waals surface area contributed by atoms with E-state index in [2.05, 4.69) is 18.7 Å². The second-order valence-electron chi connectivity index (χ2n) is 3.97. The van der Waals surface area contributed by atoms with E-state index < -0.39 is 0 Å². The minimum atomic E-state index is 0.288. The van der Waals surface area contributed by atoms with Crippen molar-refractivity contribution in [2.24, 2.45) is 11.7 Å². The molecule has 0 bridgehead atoms. The lowest BCUT2D eigenvalue weighted by molar-refractivity contribution is 0.148. The average molecular weight is 169 g/mol. The number of nitrogens with zero attached hydrogens (tertiary/aromatic N) is 1. The van der Waals surface area contributed by atoms with Crippen LogP contribution in [-0.2, 0) is 0 Å². The van der Waals surface area contributed by atoms with Crippen LogP contribution < -0.4 is 5.73 Å². The van der Waals surface area contributed by atoms with Crippen molar-refractivity contribution in [1.29, 1.82) is 5.41 Å². The number of likely N-dealkylation sites (tertiary alicyclic amines) is 1. The highest BCUT2D eigenvalue weighted by atomic mass is 15.2. The lowest BCUT2D eigenvalue weighted by atomic mass is 9.93. The smallest absolute Gasteiger partial charge is 0.105 e. The molecule has 0 radical (unpaired) electrons. The van der Waals surface area contributed by atoms with Crippen LogP contribution >= 0.6 is 0 Å². The minimum Gasteiger partial charge on any atom is -0.387 e. The largest absolute Gasteiger partial charge is 0.387 e. The molecule has 1 saturated heterocycles. The fourth-order valence-corrected chi connectivity index (χ4v) is 1.91. The van der Waals surface area contributed by atoms with Crippen LogP contribution in [0.15, 0.2) is 0 Å². The van der Waals surface area contributed by atoms with Crippen LogP contribution in [0.5, 0.6) is 0 Å². The first-order valence-electron chi connectivity index (χ1n) is 4.66. The first-order valence-corrected chi connectivity index (χ1v) is 4.66. The number of hydrogen-bond donors (Lipinski definition) is 2. The molecule has 0 aromatic carbocycles. The first-order chi connectivity index (χ1) is 5.59. The molecule has 70 valence electrons. The van der Waals surface area contributed by atoms with Crippen molar-refractivity contribution in [2.45, 2.75) is 32.7 Å². The molecular weight excluding hydrogens is 150 g/mol. The third-order valence-corrected chi connectivity index (χ3v) is 2.65. The zero-order valence-electron chi connectivity index (χ0n) is 8.01. The molecular formula is C9H19N3. The maximum Gasteiger partial charge on any atom is 0.105 e. The molecule has 3 heteroatoms. The van der Waals surface area contributed by atoms with Gasteiger partial charge in [0.05, 0.1) is 6.54 Å². The molecule has 0 amide bonds. The van der Waals surface area contributed by atoms with E-state index in [4.69, 9.17) is 11.1 Å². The molecule has 0 saturated carbocycles. The summed E-state index contributed by atoms with van der Waals surface area (Å²) in [6.07, 6.45) is 2.49. The number of hydrogen-bond acceptors (Lipinski definition) is 2. The van der Waals surface area contributed by atoms with E-state index in [1.54, 1.807) is 0 Å². The molecule has 0 spiro atoms. The van der Waals surface area contributed by atoms with Crippen LogP contribution in [0.4, 0.5) is 0 Å². The number of nitrogens with one attached hydrogen (secondary N) is 1. The third kappa shape index (κ3) is 2.48. The molecule has 2 unspecified atom stereocenters. The molecule has 2 atom stereocenters. The molecule has 0 aliphatic carbocycles. The van der Waals surface area contributed by atoms with E-state index in [0.717, 1.165) is 12.5 Å². The summed E-state index contributed by atoms with van der Waals surface area (Å²) in [5.41, 5.74) is 5.36. The maximum atomic E-state index is 7.21. The Morgan fingerprint density at radius 3 is 2.75 bits per heavy atom. The van der Waals surface area contributed by atoms with Gasteiger partial charge in [-0.15, -0.1) is 0 Å². The topological polar surface area (TPSA) is 53.1 Å². The third-order valence-electron chi connectivity index (χ3n) is 2.65. The van der Waals surface area contributed by atoms with Crippen molar-refractivity contribution in [1.82, 2.24) is 4.90 Å². The van der Waals surface area contributed by atoms with Gasteiger partial charge in [0.2, 0.25) is 0 Å². The summed E-state index contributed by atoms with van der Waals surface area (Å²) in [6, 6.07) is 0.595. The van der Waals surface area contributed by atoms with Crippen LogP contribution in [0.25, 0.3) is 0 Å². The van der Waals surface area contributed by atoms with Gasteiger partial charge in [0, 0.05) is 6.04 Å². The molecule has 1 rings (SSSR count). The Balaban J connectivity index is 2.39. The summed E-state index contributed by atoms with van der Waals surface area (Å²) in [6.45, 7) is 6.26. The zero-order valence-corrected chi connectivity index (χ0v) is 8.01. The molecule has 1 fully saturated rings. The molecule has 12 heavy (non-hydrogen) atoms. The SMILES string of the molecule is CC1CCN(CC(=N)N)C(C)C1. The van der Waals surface area contributed by atoms with Gasteiger partial charge in [0.15, 0.2) is 0 Å². The Kier molecular flexibility index (Phi) is 3.09. The van der Waals surface area contributed by atoms with Gasteiger partial charge in [0.1, 0.15) is 5.84 Å². The Labute approximate surface area is 74.4 Å². The van der Waals surface area contributed by atoms with Crippen LogP contribution in [0.2, 0.25) is 0 Å². The number of nitrogens with two attached hydrogens (primary N) is 1. The second-order valence-corrected chi connectivity index (χ2v) is 3.97. The summed E-state index contributed by atoms with van der Waals surface area (Å²) in [7, 11) is 0. The van der Waals surface area contributed by atoms with Gasteiger partial charge in [0.25, 0.3) is 0 Å². The minimum absolute atomic E-state index is 0.288. The lowest BCUT2D eigenvalue weighted by Gasteiger charge is -2.35. The first kappa shape index (κ1) is 9.52. The van der Waals surface area contributed by atoms with Crippen molar-refractivity contribution in [3.8, 4) is 0 Å². The average Bonchev–Trinajstić information content (AvgIpc) is 1.94. The van der Waals surface area contributed by atoms with Crippen molar-refractivity contribution in [3.05, 3.63) is 0 Å². The second kappa shape index (κ2) is 3.90. The number of rotatable bonds is 2. The predicted octanol–water partition coefficient (Wildman–Crippen LogP) is 1.04. The zero-order chi connectivity index (χ0) is 9.14. The number of amidine groups is 1. The van der Waals surface area contributed by atoms with E-state index >= 15 is 0 Å². The Hall–Kier alpha value is -0.570. The Bertz CT molecular complexity index is 167. The van der Waals surface area contributed by atoms with Crippen LogP contribution in [0.3, 0.4) is 0 Å². The normalized spacial score (nSPS) is 31.8. The van der Waals surface area contributed by atoms with Crippen LogP contribution in [-0.4, -0.2) is 29.9 Å². The Morgan fingerprint density at radius 2 is 2.25 bits per heavy atom. The molecule has 3 N–H and O–H groups in total. The highest BCUT2D eigenvalue weighted by Crippen LogP contribution is 2.21. The Morgan fingerprint density at radius 1 is 1.58 bits per heavy atom. The standard InChI is InChI=1S/C9H19N3/c1-7-3-4-12(6-9(10)11)8(2)5-7/h7-8H,3-6H2,1-2H3,(H3,10,11). The van der Waals surface area contributed by atoms with Gasteiger partial charge in [-0.1, -0.05) is 6.92 Å². The van der Waals surface area contributed by atoms with Gasteiger partial charge in [-0.25, -0.2) is 0 Å². The van der Waals surface area contributed by atoms with Gasteiger partial charge in [-0.3, -0.25) is 10.3 Å². The number of piperidine rings is 1. The molecule has 0 aromatic heterocycles. The summed E-state index contributed by atoms with van der Waals surface area (Å²) in [5, 5.41) is 7.21. The summed E-state index contributed by atoms with van der Waals surface area (Å²) in [5.74, 6) is 1.12. The highest BCUT2D eigenvalue weighted by molar-refractivity contribution is 5.78. The van der Waals surface area contributed by atoms with Gasteiger partial charge < -0.3 is 5.73 Å². The molecule has 1 heterocycles. The fourth-order valence-electron chi connectivity index (χ4n) is 1.91. The maximum absolute atomic E-state index is 7.21. The predicted molar refractivity (Wildman–Crippen MR) is 51.3 cm³/mol. The van der Waals surface area contributed by atoms with Gasteiger partial charge >= 0.3 is 0 Å². The van der Waals surface area contributed by atoms with Crippen molar-refractivity contribution >= 4 is 5.84 Å². The van der Waals surface area contributed by atoms with E-state index in [0.29, 0.717) is 12.6 Å². The fraction of sp³-hybridized carbons (Fsp3) is 0.889. The molecule has 3 nitrogen and oxygen atoms in total. The van der Waals surface area contributed by atoms with Gasteiger partial charge in [-0.2, -0.15) is 0 Å². The van der Waals surface area contributed by atoms with Crippen molar-refractivity contribution in [2.75, 3.05) is 13.1 Å². The van der Waals surface area contributed by atoms with Crippen LogP contribution in [0.1, 0.15) is 26.7 Å². The van der Waals surface area contributed by atoms with E-state index in [1.807, 2.05) is 0 Å². The molecule has 1 aliphatic rings. The monoisotopic (exact) mass is 169 g/mol. The van der Waals surface area contributed by atoms with Gasteiger partial charge in [-0.05, 0) is 32.2 Å².